The van der Waals surface area contributed by atoms with Crippen LogP contribution in [0.5, 0.6) is 0 Å². The standard InChI is InChI=1S/C14H20Cl2N4O2/c15-10-7-11(16)12(19-8-10)17-5-6-18-13(21)20-9-14(22)3-1-2-4-14/h7-8,22H,1-6,9H2,(H,17,19)(H2,18,20,21). The lowest BCUT2D eigenvalue weighted by atomic mass is 10.0. The Balaban J connectivity index is 1.62. The summed E-state index contributed by atoms with van der Waals surface area (Å²) in [4.78, 5) is 15.7. The largest absolute Gasteiger partial charge is 0.388 e. The van der Waals surface area contributed by atoms with Crippen molar-refractivity contribution < 1.29 is 9.90 Å². The fourth-order valence-corrected chi connectivity index (χ4v) is 2.87. The fourth-order valence-electron chi connectivity index (χ4n) is 2.42. The Labute approximate surface area is 139 Å². The molecule has 2 rings (SSSR count). The number of halogens is 2. The lowest BCUT2D eigenvalue weighted by Crippen LogP contribution is -2.45. The van der Waals surface area contributed by atoms with Crippen LogP contribution in [0.4, 0.5) is 10.6 Å². The second kappa shape index (κ2) is 7.85. The number of nitrogens with one attached hydrogen (secondary N) is 3. The normalized spacial score (nSPS) is 16.3. The maximum absolute atomic E-state index is 11.6. The second-order valence-corrected chi connectivity index (χ2v) is 6.30. The number of anilines is 1. The van der Waals surface area contributed by atoms with E-state index in [1.165, 1.54) is 6.20 Å². The Morgan fingerprint density at radius 1 is 1.27 bits per heavy atom. The van der Waals surface area contributed by atoms with Crippen LogP contribution < -0.4 is 16.0 Å². The number of urea groups is 1. The average Bonchev–Trinajstić information content (AvgIpc) is 2.91. The third-order valence-corrected chi connectivity index (χ3v) is 4.12. The number of carbonyl (C=O) groups is 1. The number of amides is 2. The van der Waals surface area contributed by atoms with Crippen molar-refractivity contribution in [2.24, 2.45) is 0 Å². The third-order valence-electron chi connectivity index (χ3n) is 3.62. The minimum absolute atomic E-state index is 0.289. The highest BCUT2D eigenvalue weighted by molar-refractivity contribution is 6.35. The first kappa shape index (κ1) is 17.1. The zero-order valence-electron chi connectivity index (χ0n) is 12.2. The number of hydrogen-bond acceptors (Lipinski definition) is 4. The summed E-state index contributed by atoms with van der Waals surface area (Å²) in [6, 6.07) is 1.30. The van der Waals surface area contributed by atoms with Gasteiger partial charge in [-0.3, -0.25) is 0 Å². The Kier molecular flexibility index (Phi) is 6.11. The van der Waals surface area contributed by atoms with E-state index in [-0.39, 0.29) is 12.6 Å². The lowest BCUT2D eigenvalue weighted by Gasteiger charge is -2.22. The van der Waals surface area contributed by atoms with Gasteiger partial charge in [0.2, 0.25) is 0 Å². The maximum Gasteiger partial charge on any atom is 0.314 e. The van der Waals surface area contributed by atoms with Gasteiger partial charge in [0, 0.05) is 25.8 Å². The molecule has 0 aromatic carbocycles. The number of nitrogens with zero attached hydrogens (tertiary/aromatic N) is 1. The predicted molar refractivity (Wildman–Crippen MR) is 87.6 cm³/mol. The van der Waals surface area contributed by atoms with E-state index in [4.69, 9.17) is 23.2 Å². The van der Waals surface area contributed by atoms with Crippen LogP contribution in [0.15, 0.2) is 12.3 Å². The molecular weight excluding hydrogens is 327 g/mol. The summed E-state index contributed by atoms with van der Waals surface area (Å²) in [5.74, 6) is 0.522. The van der Waals surface area contributed by atoms with Gasteiger partial charge in [-0.2, -0.15) is 0 Å². The number of pyridine rings is 1. The number of rotatable bonds is 6. The highest BCUT2D eigenvalue weighted by atomic mass is 35.5. The first-order valence-electron chi connectivity index (χ1n) is 7.27. The van der Waals surface area contributed by atoms with Crippen LogP contribution in [0, 0.1) is 0 Å². The topological polar surface area (TPSA) is 86.3 Å². The van der Waals surface area contributed by atoms with Crippen molar-refractivity contribution in [1.29, 1.82) is 0 Å². The Morgan fingerprint density at radius 2 is 2.00 bits per heavy atom. The smallest absolute Gasteiger partial charge is 0.314 e. The zero-order valence-corrected chi connectivity index (χ0v) is 13.7. The summed E-state index contributed by atoms with van der Waals surface area (Å²) in [6.45, 7) is 1.17. The van der Waals surface area contributed by atoms with Crippen LogP contribution in [0.25, 0.3) is 0 Å². The minimum atomic E-state index is -0.740. The van der Waals surface area contributed by atoms with Crippen molar-refractivity contribution in [2.75, 3.05) is 25.0 Å². The molecular formula is C14H20Cl2N4O2. The van der Waals surface area contributed by atoms with Gasteiger partial charge in [-0.25, -0.2) is 9.78 Å². The zero-order chi connectivity index (χ0) is 16.0. The van der Waals surface area contributed by atoms with E-state index in [2.05, 4.69) is 20.9 Å². The molecule has 1 aromatic heterocycles. The highest BCUT2D eigenvalue weighted by Crippen LogP contribution is 2.28. The van der Waals surface area contributed by atoms with Crippen LogP contribution >= 0.6 is 23.2 Å². The minimum Gasteiger partial charge on any atom is -0.388 e. The quantitative estimate of drug-likeness (QED) is 0.595. The van der Waals surface area contributed by atoms with Crippen molar-refractivity contribution in [1.82, 2.24) is 15.6 Å². The molecule has 22 heavy (non-hydrogen) atoms. The van der Waals surface area contributed by atoms with E-state index in [1.54, 1.807) is 6.07 Å². The monoisotopic (exact) mass is 346 g/mol. The third kappa shape index (κ3) is 5.19. The van der Waals surface area contributed by atoms with Crippen molar-refractivity contribution in [2.45, 2.75) is 31.3 Å². The Hall–Kier alpha value is -1.24. The number of carbonyl (C=O) groups excluding carboxylic acids is 1. The molecule has 6 nitrogen and oxygen atoms in total. The van der Waals surface area contributed by atoms with E-state index >= 15 is 0 Å². The van der Waals surface area contributed by atoms with Gasteiger partial charge in [0.1, 0.15) is 5.82 Å². The molecule has 1 saturated carbocycles. The van der Waals surface area contributed by atoms with Crippen LogP contribution in [0.3, 0.4) is 0 Å². The van der Waals surface area contributed by atoms with Crippen molar-refractivity contribution in [3.05, 3.63) is 22.3 Å². The fraction of sp³-hybridized carbons (Fsp3) is 0.571. The van der Waals surface area contributed by atoms with Gasteiger partial charge >= 0.3 is 6.03 Å². The van der Waals surface area contributed by atoms with Gasteiger partial charge in [-0.05, 0) is 18.9 Å². The second-order valence-electron chi connectivity index (χ2n) is 5.45. The lowest BCUT2D eigenvalue weighted by molar-refractivity contribution is 0.0501. The summed E-state index contributed by atoms with van der Waals surface area (Å²) in [7, 11) is 0. The highest BCUT2D eigenvalue weighted by Gasteiger charge is 2.31. The Morgan fingerprint density at radius 3 is 2.68 bits per heavy atom. The molecule has 1 fully saturated rings. The number of hydrogen-bond donors (Lipinski definition) is 4. The predicted octanol–water partition coefficient (Wildman–Crippen LogP) is 2.40. The van der Waals surface area contributed by atoms with Gasteiger partial charge in [0.25, 0.3) is 0 Å². The van der Waals surface area contributed by atoms with E-state index in [9.17, 15) is 9.90 Å². The van der Waals surface area contributed by atoms with Gasteiger partial charge < -0.3 is 21.1 Å². The summed E-state index contributed by atoms with van der Waals surface area (Å²) < 4.78 is 0. The molecule has 1 aliphatic carbocycles. The SMILES string of the molecule is O=C(NCCNc1ncc(Cl)cc1Cl)NCC1(O)CCCC1. The molecule has 4 N–H and O–H groups in total. The molecule has 0 radical (unpaired) electrons. The van der Waals surface area contributed by atoms with Crippen LogP contribution in [-0.4, -0.2) is 41.4 Å². The molecule has 0 atom stereocenters. The molecule has 8 heteroatoms. The summed E-state index contributed by atoms with van der Waals surface area (Å²) in [5.41, 5.74) is -0.740. The van der Waals surface area contributed by atoms with Gasteiger partial charge in [-0.15, -0.1) is 0 Å². The first-order chi connectivity index (χ1) is 10.5. The molecule has 0 saturated heterocycles. The molecule has 0 unspecified atom stereocenters. The molecule has 1 aliphatic rings. The van der Waals surface area contributed by atoms with E-state index < -0.39 is 5.60 Å². The van der Waals surface area contributed by atoms with Crippen LogP contribution in [0.2, 0.25) is 10.0 Å². The summed E-state index contributed by atoms with van der Waals surface area (Å²) >= 11 is 11.7. The molecule has 1 heterocycles. The Bertz CT molecular complexity index is 522. The molecule has 0 aliphatic heterocycles. The van der Waals surface area contributed by atoms with Gasteiger partial charge in [-0.1, -0.05) is 36.0 Å². The number of aliphatic hydroxyl groups is 1. The first-order valence-corrected chi connectivity index (χ1v) is 8.03. The maximum atomic E-state index is 11.6. The molecule has 0 spiro atoms. The molecule has 0 bridgehead atoms. The van der Waals surface area contributed by atoms with Crippen molar-refractivity contribution in [3.63, 3.8) is 0 Å². The van der Waals surface area contributed by atoms with Crippen molar-refractivity contribution >= 4 is 35.1 Å². The van der Waals surface area contributed by atoms with E-state index in [0.717, 1.165) is 25.7 Å². The molecule has 2 amide bonds. The van der Waals surface area contributed by atoms with Gasteiger partial charge in [0.05, 0.1) is 15.6 Å². The van der Waals surface area contributed by atoms with Crippen LogP contribution in [-0.2, 0) is 0 Å². The van der Waals surface area contributed by atoms with E-state index in [1.807, 2.05) is 0 Å². The summed E-state index contributed by atoms with van der Waals surface area (Å²) in [6.07, 6.45) is 5.01. The van der Waals surface area contributed by atoms with Crippen LogP contribution in [0.1, 0.15) is 25.7 Å². The number of aromatic nitrogens is 1. The van der Waals surface area contributed by atoms with Crippen molar-refractivity contribution in [3.8, 4) is 0 Å². The average molecular weight is 347 g/mol. The molecule has 1 aromatic rings. The summed E-state index contributed by atoms with van der Waals surface area (Å²) in [5, 5.41) is 19.4. The van der Waals surface area contributed by atoms with E-state index in [0.29, 0.717) is 29.0 Å². The molecule has 122 valence electrons. The van der Waals surface area contributed by atoms with Gasteiger partial charge in [0.15, 0.2) is 0 Å².